The Bertz CT molecular complexity index is 564. The van der Waals surface area contributed by atoms with E-state index in [9.17, 15) is 4.79 Å². The number of carbonyl (C=O) groups excluding carboxylic acids is 1. The van der Waals surface area contributed by atoms with Gasteiger partial charge < -0.3 is 0 Å². The van der Waals surface area contributed by atoms with Crippen molar-refractivity contribution in [3.63, 3.8) is 0 Å². The van der Waals surface area contributed by atoms with Crippen molar-refractivity contribution in [3.8, 4) is 11.1 Å². The van der Waals surface area contributed by atoms with Crippen LogP contribution in [0, 0.1) is 0 Å². The zero-order valence-electron chi connectivity index (χ0n) is 10.8. The zero-order valence-corrected chi connectivity index (χ0v) is 11.5. The molecule has 0 unspecified atom stereocenters. The third kappa shape index (κ3) is 3.13. The molecule has 0 aromatic heterocycles. The molecular weight excluding hydrogens is 262 g/mol. The molecule has 2 rings (SSSR count). The van der Waals surface area contributed by atoms with Gasteiger partial charge >= 0.3 is 0 Å². The Hall–Kier alpha value is -1.84. The molecule has 1 amide bonds. The summed E-state index contributed by atoms with van der Waals surface area (Å²) >= 11 is 5.85. The molecular formula is C15H14ClNO2. The van der Waals surface area contributed by atoms with Gasteiger partial charge in [-0.3, -0.25) is 9.63 Å². The number of hydrogen-bond acceptors (Lipinski definition) is 2. The van der Waals surface area contributed by atoms with Crippen molar-refractivity contribution in [1.29, 1.82) is 0 Å². The summed E-state index contributed by atoms with van der Waals surface area (Å²) in [6.07, 6.45) is 0. The highest BCUT2D eigenvalue weighted by Gasteiger charge is 2.10. The molecule has 0 fully saturated rings. The molecule has 0 aliphatic heterocycles. The topological polar surface area (TPSA) is 29.5 Å². The van der Waals surface area contributed by atoms with E-state index < -0.39 is 0 Å². The van der Waals surface area contributed by atoms with Crippen LogP contribution in [0.1, 0.15) is 10.4 Å². The summed E-state index contributed by atoms with van der Waals surface area (Å²) < 4.78 is 0. The summed E-state index contributed by atoms with van der Waals surface area (Å²) in [6, 6.07) is 14.9. The second-order valence-corrected chi connectivity index (χ2v) is 4.51. The van der Waals surface area contributed by atoms with Crippen LogP contribution < -0.4 is 0 Å². The fourth-order valence-electron chi connectivity index (χ4n) is 1.71. The minimum atomic E-state index is -0.176. The van der Waals surface area contributed by atoms with Crippen molar-refractivity contribution in [2.45, 2.75) is 0 Å². The van der Waals surface area contributed by atoms with Gasteiger partial charge in [0.05, 0.1) is 7.11 Å². The molecule has 0 atom stereocenters. The van der Waals surface area contributed by atoms with Crippen LogP contribution in [0.25, 0.3) is 11.1 Å². The number of benzene rings is 2. The van der Waals surface area contributed by atoms with Gasteiger partial charge in [-0.2, -0.15) is 0 Å². The van der Waals surface area contributed by atoms with Crippen molar-refractivity contribution < 1.29 is 9.63 Å². The lowest BCUT2D eigenvalue weighted by Gasteiger charge is -2.13. The van der Waals surface area contributed by atoms with Gasteiger partial charge in [0.1, 0.15) is 0 Å². The number of halogens is 1. The first-order valence-corrected chi connectivity index (χ1v) is 6.18. The van der Waals surface area contributed by atoms with Crippen LogP contribution >= 0.6 is 11.6 Å². The molecule has 0 radical (unpaired) electrons. The summed E-state index contributed by atoms with van der Waals surface area (Å²) in [5.74, 6) is -0.176. The van der Waals surface area contributed by atoms with Crippen molar-refractivity contribution in [2.75, 3.05) is 14.2 Å². The maximum Gasteiger partial charge on any atom is 0.277 e. The predicted octanol–water partition coefficient (Wildman–Crippen LogP) is 3.64. The molecule has 98 valence electrons. The Morgan fingerprint density at radius 2 is 1.47 bits per heavy atom. The van der Waals surface area contributed by atoms with Crippen LogP contribution in [0.4, 0.5) is 0 Å². The SMILES string of the molecule is CON(C)C(=O)c1ccc(-c2ccc(Cl)cc2)cc1. The van der Waals surface area contributed by atoms with E-state index in [1.165, 1.54) is 12.2 Å². The number of hydrogen-bond donors (Lipinski definition) is 0. The maximum atomic E-state index is 11.9. The lowest BCUT2D eigenvalue weighted by Crippen LogP contribution is -2.25. The standard InChI is InChI=1S/C15H14ClNO2/c1-17(19-2)15(18)13-5-3-11(4-6-13)12-7-9-14(16)10-8-12/h3-10H,1-2H3. The Morgan fingerprint density at radius 3 is 1.95 bits per heavy atom. The Balaban J connectivity index is 2.23. The van der Waals surface area contributed by atoms with Crippen LogP contribution in [-0.4, -0.2) is 25.1 Å². The molecule has 0 bridgehead atoms. The molecule has 0 heterocycles. The summed E-state index contributed by atoms with van der Waals surface area (Å²) in [7, 11) is 3.04. The fraction of sp³-hybridized carbons (Fsp3) is 0.133. The van der Waals surface area contributed by atoms with Gasteiger partial charge in [-0.05, 0) is 35.4 Å². The highest BCUT2D eigenvalue weighted by molar-refractivity contribution is 6.30. The molecule has 19 heavy (non-hydrogen) atoms. The van der Waals surface area contributed by atoms with Gasteiger partial charge in [0.25, 0.3) is 5.91 Å². The van der Waals surface area contributed by atoms with Crippen LogP contribution in [0.3, 0.4) is 0 Å². The first kappa shape index (κ1) is 13.6. The van der Waals surface area contributed by atoms with Gasteiger partial charge in [0.2, 0.25) is 0 Å². The van der Waals surface area contributed by atoms with Gasteiger partial charge in [-0.25, -0.2) is 5.06 Å². The Kier molecular flexibility index (Phi) is 4.20. The lowest BCUT2D eigenvalue weighted by molar-refractivity contribution is -0.0756. The summed E-state index contributed by atoms with van der Waals surface area (Å²) in [5, 5.41) is 1.90. The quantitative estimate of drug-likeness (QED) is 0.801. The van der Waals surface area contributed by atoms with Crippen LogP contribution in [0.2, 0.25) is 5.02 Å². The van der Waals surface area contributed by atoms with E-state index in [0.29, 0.717) is 10.6 Å². The van der Waals surface area contributed by atoms with E-state index in [-0.39, 0.29) is 5.91 Å². The van der Waals surface area contributed by atoms with Crippen molar-refractivity contribution in [3.05, 3.63) is 59.1 Å². The molecule has 2 aromatic carbocycles. The summed E-state index contributed by atoms with van der Waals surface area (Å²) in [4.78, 5) is 16.7. The fourth-order valence-corrected chi connectivity index (χ4v) is 1.84. The highest BCUT2D eigenvalue weighted by Crippen LogP contribution is 2.22. The van der Waals surface area contributed by atoms with Gasteiger partial charge in [0, 0.05) is 17.6 Å². The molecule has 0 spiro atoms. The first-order chi connectivity index (χ1) is 9.11. The van der Waals surface area contributed by atoms with E-state index in [1.807, 2.05) is 36.4 Å². The van der Waals surface area contributed by atoms with Gasteiger partial charge in [0.15, 0.2) is 0 Å². The Morgan fingerprint density at radius 1 is 1.00 bits per heavy atom. The van der Waals surface area contributed by atoms with Crippen molar-refractivity contribution in [1.82, 2.24) is 5.06 Å². The average molecular weight is 276 g/mol. The second-order valence-electron chi connectivity index (χ2n) is 4.07. The Labute approximate surface area is 117 Å². The third-order valence-corrected chi connectivity index (χ3v) is 3.12. The van der Waals surface area contributed by atoms with Crippen LogP contribution in [0.15, 0.2) is 48.5 Å². The smallest absolute Gasteiger partial charge is 0.274 e. The van der Waals surface area contributed by atoms with E-state index in [2.05, 4.69) is 0 Å². The number of hydroxylamine groups is 2. The normalized spacial score (nSPS) is 10.3. The highest BCUT2D eigenvalue weighted by atomic mass is 35.5. The minimum absolute atomic E-state index is 0.176. The van der Waals surface area contributed by atoms with Gasteiger partial charge in [-0.1, -0.05) is 35.9 Å². The molecule has 0 saturated carbocycles. The molecule has 2 aromatic rings. The molecule has 3 nitrogen and oxygen atoms in total. The summed E-state index contributed by atoms with van der Waals surface area (Å²) in [6.45, 7) is 0. The molecule has 0 N–H and O–H groups in total. The minimum Gasteiger partial charge on any atom is -0.274 e. The number of nitrogens with zero attached hydrogens (tertiary/aromatic N) is 1. The first-order valence-electron chi connectivity index (χ1n) is 5.80. The average Bonchev–Trinajstić information content (AvgIpc) is 2.46. The van der Waals surface area contributed by atoms with E-state index in [1.54, 1.807) is 19.2 Å². The summed E-state index contributed by atoms with van der Waals surface area (Å²) in [5.41, 5.74) is 2.68. The predicted molar refractivity (Wildman–Crippen MR) is 76.0 cm³/mol. The molecule has 0 aliphatic carbocycles. The second kappa shape index (κ2) is 5.87. The molecule has 4 heteroatoms. The number of rotatable bonds is 3. The lowest BCUT2D eigenvalue weighted by atomic mass is 10.0. The van der Waals surface area contributed by atoms with Crippen molar-refractivity contribution in [2.24, 2.45) is 0 Å². The molecule has 0 saturated heterocycles. The van der Waals surface area contributed by atoms with Crippen LogP contribution in [0.5, 0.6) is 0 Å². The van der Waals surface area contributed by atoms with Crippen LogP contribution in [-0.2, 0) is 4.84 Å². The third-order valence-electron chi connectivity index (χ3n) is 2.87. The molecule has 0 aliphatic rings. The van der Waals surface area contributed by atoms with Crippen molar-refractivity contribution >= 4 is 17.5 Å². The largest absolute Gasteiger partial charge is 0.277 e. The van der Waals surface area contributed by atoms with E-state index >= 15 is 0 Å². The number of carbonyl (C=O) groups is 1. The van der Waals surface area contributed by atoms with E-state index in [4.69, 9.17) is 16.4 Å². The van der Waals surface area contributed by atoms with Gasteiger partial charge in [-0.15, -0.1) is 0 Å². The zero-order chi connectivity index (χ0) is 13.8. The monoisotopic (exact) mass is 275 g/mol. The number of amides is 1. The maximum absolute atomic E-state index is 11.9. The van der Waals surface area contributed by atoms with E-state index in [0.717, 1.165) is 11.1 Å².